The summed E-state index contributed by atoms with van der Waals surface area (Å²) in [5.41, 5.74) is 3.59. The molecule has 1 fully saturated rings. The highest BCUT2D eigenvalue weighted by Gasteiger charge is 2.33. The van der Waals surface area contributed by atoms with Crippen LogP contribution in [0.15, 0.2) is 18.2 Å². The number of benzene rings is 1. The topological polar surface area (TPSA) is 29.1 Å². The molecule has 18 heavy (non-hydrogen) atoms. The van der Waals surface area contributed by atoms with Gasteiger partial charge in [0, 0.05) is 11.5 Å². The Hall–Kier alpha value is -1.15. The van der Waals surface area contributed by atoms with Gasteiger partial charge in [0.05, 0.1) is 0 Å². The number of Topliss-reactive ketones (excluding diaryl/α,β-unsaturated/α-hetero) is 1. The molecule has 0 bridgehead atoms. The van der Waals surface area contributed by atoms with Crippen LogP contribution in [0.4, 0.5) is 0 Å². The number of ketones is 1. The maximum atomic E-state index is 12.4. The van der Waals surface area contributed by atoms with Gasteiger partial charge in [-0.25, -0.2) is 0 Å². The predicted molar refractivity (Wildman–Crippen MR) is 72.9 cm³/mol. The van der Waals surface area contributed by atoms with Gasteiger partial charge < -0.3 is 5.32 Å². The summed E-state index contributed by atoms with van der Waals surface area (Å²) in [4.78, 5) is 12.4. The molecule has 0 aromatic heterocycles. The Morgan fingerprint density at radius 2 is 2.06 bits per heavy atom. The molecule has 0 amide bonds. The SMILES string of the molecule is Cc1cccc2c1CC(CC1CCNCC1)C2=O. The van der Waals surface area contributed by atoms with Crippen LogP contribution in [0.25, 0.3) is 0 Å². The Morgan fingerprint density at radius 3 is 2.78 bits per heavy atom. The van der Waals surface area contributed by atoms with Crippen LogP contribution in [0.1, 0.15) is 40.7 Å². The maximum absolute atomic E-state index is 12.4. The lowest BCUT2D eigenvalue weighted by atomic mass is 9.86. The first-order valence-corrected chi connectivity index (χ1v) is 7.09. The minimum atomic E-state index is 0.254. The van der Waals surface area contributed by atoms with Gasteiger partial charge in [0.25, 0.3) is 0 Å². The molecule has 1 aliphatic carbocycles. The number of fused-ring (bicyclic) bond motifs is 1. The van der Waals surface area contributed by atoms with Crippen molar-refractivity contribution in [3.63, 3.8) is 0 Å². The Bertz CT molecular complexity index is 460. The minimum Gasteiger partial charge on any atom is -0.317 e. The molecule has 1 atom stereocenters. The fraction of sp³-hybridized carbons (Fsp3) is 0.562. The van der Waals surface area contributed by atoms with Gasteiger partial charge >= 0.3 is 0 Å². The van der Waals surface area contributed by atoms with Crippen LogP contribution in [0.3, 0.4) is 0 Å². The van der Waals surface area contributed by atoms with Crippen molar-refractivity contribution in [1.82, 2.24) is 5.32 Å². The highest BCUT2D eigenvalue weighted by atomic mass is 16.1. The van der Waals surface area contributed by atoms with Crippen LogP contribution in [-0.2, 0) is 6.42 Å². The van der Waals surface area contributed by atoms with E-state index < -0.39 is 0 Å². The maximum Gasteiger partial charge on any atom is 0.166 e. The number of rotatable bonds is 2. The van der Waals surface area contributed by atoms with Gasteiger partial charge in [-0.3, -0.25) is 4.79 Å². The third-order valence-electron chi connectivity index (χ3n) is 4.57. The highest BCUT2D eigenvalue weighted by molar-refractivity contribution is 6.02. The van der Waals surface area contributed by atoms with Crippen LogP contribution in [-0.4, -0.2) is 18.9 Å². The molecule has 0 spiro atoms. The molecule has 1 aromatic rings. The van der Waals surface area contributed by atoms with Gasteiger partial charge in [0.1, 0.15) is 0 Å². The van der Waals surface area contributed by atoms with Crippen molar-refractivity contribution in [3.8, 4) is 0 Å². The number of nitrogens with one attached hydrogen (secondary N) is 1. The smallest absolute Gasteiger partial charge is 0.166 e. The van der Waals surface area contributed by atoms with E-state index in [2.05, 4.69) is 18.3 Å². The Labute approximate surface area is 109 Å². The van der Waals surface area contributed by atoms with E-state index in [-0.39, 0.29) is 5.92 Å². The minimum absolute atomic E-state index is 0.254. The summed E-state index contributed by atoms with van der Waals surface area (Å²) in [6, 6.07) is 6.14. The van der Waals surface area contributed by atoms with Crippen LogP contribution in [0, 0.1) is 18.8 Å². The van der Waals surface area contributed by atoms with Gasteiger partial charge in [-0.2, -0.15) is 0 Å². The van der Waals surface area contributed by atoms with Crippen LogP contribution >= 0.6 is 0 Å². The molecule has 1 heterocycles. The fourth-order valence-corrected chi connectivity index (χ4v) is 3.47. The van der Waals surface area contributed by atoms with Crippen LogP contribution < -0.4 is 5.32 Å². The normalized spacial score (nSPS) is 24.3. The summed E-state index contributed by atoms with van der Waals surface area (Å²) in [5, 5.41) is 3.39. The average molecular weight is 243 g/mol. The zero-order valence-electron chi connectivity index (χ0n) is 11.0. The first kappa shape index (κ1) is 11.9. The average Bonchev–Trinajstić information content (AvgIpc) is 2.70. The molecule has 1 aromatic carbocycles. The summed E-state index contributed by atoms with van der Waals surface area (Å²) < 4.78 is 0. The summed E-state index contributed by atoms with van der Waals surface area (Å²) in [6.07, 6.45) is 4.54. The lowest BCUT2D eigenvalue weighted by Crippen LogP contribution is -2.29. The van der Waals surface area contributed by atoms with Crippen molar-refractivity contribution >= 4 is 5.78 Å². The van der Waals surface area contributed by atoms with E-state index in [0.717, 1.165) is 37.4 Å². The zero-order valence-corrected chi connectivity index (χ0v) is 11.0. The first-order valence-electron chi connectivity index (χ1n) is 7.09. The van der Waals surface area contributed by atoms with E-state index in [1.54, 1.807) is 0 Å². The first-order chi connectivity index (χ1) is 8.75. The van der Waals surface area contributed by atoms with Crippen molar-refractivity contribution in [3.05, 3.63) is 34.9 Å². The van der Waals surface area contributed by atoms with Crippen molar-refractivity contribution in [2.75, 3.05) is 13.1 Å². The number of carbonyl (C=O) groups excluding carboxylic acids is 1. The highest BCUT2D eigenvalue weighted by Crippen LogP contribution is 2.34. The second kappa shape index (κ2) is 4.85. The van der Waals surface area contributed by atoms with Gasteiger partial charge in [-0.05, 0) is 62.7 Å². The molecule has 1 aliphatic heterocycles. The number of piperidine rings is 1. The van der Waals surface area contributed by atoms with E-state index in [0.29, 0.717) is 5.78 Å². The second-order valence-electron chi connectivity index (χ2n) is 5.80. The summed E-state index contributed by atoms with van der Waals surface area (Å²) in [6.45, 7) is 4.37. The van der Waals surface area contributed by atoms with E-state index in [1.807, 2.05) is 12.1 Å². The standard InChI is InChI=1S/C16H21NO/c1-11-3-2-4-14-15(11)10-13(16(14)18)9-12-5-7-17-8-6-12/h2-4,12-13,17H,5-10H2,1H3. The van der Waals surface area contributed by atoms with Crippen molar-refractivity contribution in [1.29, 1.82) is 0 Å². The van der Waals surface area contributed by atoms with Gasteiger partial charge in [-0.15, -0.1) is 0 Å². The molecule has 2 nitrogen and oxygen atoms in total. The molecule has 0 radical (unpaired) electrons. The molecule has 1 saturated heterocycles. The van der Waals surface area contributed by atoms with Gasteiger partial charge in [0.15, 0.2) is 5.78 Å². The van der Waals surface area contributed by atoms with E-state index in [4.69, 9.17) is 0 Å². The third-order valence-corrected chi connectivity index (χ3v) is 4.57. The van der Waals surface area contributed by atoms with Crippen molar-refractivity contribution < 1.29 is 4.79 Å². The van der Waals surface area contributed by atoms with Gasteiger partial charge in [-0.1, -0.05) is 18.2 Å². The molecule has 1 N–H and O–H groups in total. The van der Waals surface area contributed by atoms with Crippen molar-refractivity contribution in [2.24, 2.45) is 11.8 Å². The summed E-state index contributed by atoms with van der Waals surface area (Å²) >= 11 is 0. The van der Waals surface area contributed by atoms with E-state index >= 15 is 0 Å². The van der Waals surface area contributed by atoms with E-state index in [9.17, 15) is 4.79 Å². The van der Waals surface area contributed by atoms with Crippen molar-refractivity contribution in [2.45, 2.75) is 32.6 Å². The zero-order chi connectivity index (χ0) is 12.5. The monoisotopic (exact) mass is 243 g/mol. The second-order valence-corrected chi connectivity index (χ2v) is 5.80. The molecule has 96 valence electrons. The largest absolute Gasteiger partial charge is 0.317 e. The van der Waals surface area contributed by atoms with Gasteiger partial charge in [0.2, 0.25) is 0 Å². The molecule has 2 aliphatic rings. The Kier molecular flexibility index (Phi) is 3.21. The summed E-state index contributed by atoms with van der Waals surface area (Å²) in [7, 11) is 0. The quantitative estimate of drug-likeness (QED) is 0.865. The molecule has 0 saturated carbocycles. The van der Waals surface area contributed by atoms with E-state index in [1.165, 1.54) is 24.0 Å². The molecular formula is C16H21NO. The fourth-order valence-electron chi connectivity index (χ4n) is 3.47. The molecule has 2 heteroatoms. The Balaban J connectivity index is 1.73. The molecule has 3 rings (SSSR count). The number of hydrogen-bond acceptors (Lipinski definition) is 2. The summed E-state index contributed by atoms with van der Waals surface area (Å²) in [5.74, 6) is 1.39. The Morgan fingerprint density at radius 1 is 1.28 bits per heavy atom. The number of aryl methyl sites for hydroxylation is 1. The van der Waals surface area contributed by atoms with Crippen LogP contribution in [0.5, 0.6) is 0 Å². The van der Waals surface area contributed by atoms with Crippen LogP contribution in [0.2, 0.25) is 0 Å². The lowest BCUT2D eigenvalue weighted by Gasteiger charge is -2.24. The third kappa shape index (κ3) is 2.10. The molecular weight excluding hydrogens is 222 g/mol. The number of hydrogen-bond donors (Lipinski definition) is 1. The predicted octanol–water partition coefficient (Wildman–Crippen LogP) is 2.74. The number of carbonyl (C=O) groups is 1. The molecule has 1 unspecified atom stereocenters. The lowest BCUT2D eigenvalue weighted by molar-refractivity contribution is 0.0913.